The van der Waals surface area contributed by atoms with Gasteiger partial charge in [-0.2, -0.15) is 0 Å². The molecule has 24 heavy (non-hydrogen) atoms. The second-order valence-electron chi connectivity index (χ2n) is 4.96. The van der Waals surface area contributed by atoms with Gasteiger partial charge in [-0.25, -0.2) is 4.79 Å². The fourth-order valence-electron chi connectivity index (χ4n) is 1.68. The molecule has 0 radical (unpaired) electrons. The SMILES string of the molecule is CCCNC(=O)[C@@H](C)NC(=O)COC(=O)c1ccc([N+](=O)[O-])cc1. The zero-order valence-corrected chi connectivity index (χ0v) is 13.4. The summed E-state index contributed by atoms with van der Waals surface area (Å²) in [6.45, 7) is 3.37. The van der Waals surface area contributed by atoms with E-state index in [4.69, 9.17) is 4.74 Å². The first kappa shape index (κ1) is 19.1. The number of nitrogens with one attached hydrogen (secondary N) is 2. The molecule has 2 amide bonds. The van der Waals surface area contributed by atoms with Gasteiger partial charge in [0, 0.05) is 18.7 Å². The Bertz CT molecular complexity index is 614. The Labute approximate surface area is 138 Å². The zero-order chi connectivity index (χ0) is 18.1. The molecule has 0 aromatic heterocycles. The standard InChI is InChI=1S/C15H19N3O6/c1-3-8-16-14(20)10(2)17-13(19)9-24-15(21)11-4-6-12(7-5-11)18(22)23/h4-7,10H,3,8-9H2,1-2H3,(H,16,20)(H,17,19)/t10-/m1/s1. The van der Waals surface area contributed by atoms with E-state index in [1.807, 2.05) is 6.92 Å². The average Bonchev–Trinajstić information content (AvgIpc) is 2.57. The first-order chi connectivity index (χ1) is 11.3. The van der Waals surface area contributed by atoms with E-state index in [0.29, 0.717) is 6.54 Å². The van der Waals surface area contributed by atoms with Gasteiger partial charge in [-0.15, -0.1) is 0 Å². The zero-order valence-electron chi connectivity index (χ0n) is 13.4. The van der Waals surface area contributed by atoms with E-state index in [-0.39, 0.29) is 17.2 Å². The summed E-state index contributed by atoms with van der Waals surface area (Å²) in [5, 5.41) is 15.6. The van der Waals surface area contributed by atoms with Crippen LogP contribution in [0.3, 0.4) is 0 Å². The normalized spacial score (nSPS) is 11.2. The van der Waals surface area contributed by atoms with Gasteiger partial charge in [0.1, 0.15) is 6.04 Å². The number of nitro benzene ring substituents is 1. The average molecular weight is 337 g/mol. The largest absolute Gasteiger partial charge is 0.452 e. The van der Waals surface area contributed by atoms with Gasteiger partial charge >= 0.3 is 5.97 Å². The van der Waals surface area contributed by atoms with Gasteiger partial charge in [-0.1, -0.05) is 6.92 Å². The highest BCUT2D eigenvalue weighted by Crippen LogP contribution is 2.12. The minimum Gasteiger partial charge on any atom is -0.452 e. The van der Waals surface area contributed by atoms with Crippen LogP contribution in [-0.4, -0.2) is 41.9 Å². The van der Waals surface area contributed by atoms with Crippen molar-refractivity contribution in [2.45, 2.75) is 26.3 Å². The number of carbonyl (C=O) groups excluding carboxylic acids is 3. The van der Waals surface area contributed by atoms with E-state index in [9.17, 15) is 24.5 Å². The number of nitro groups is 1. The second kappa shape index (κ2) is 9.23. The van der Waals surface area contributed by atoms with Crippen LogP contribution in [0, 0.1) is 10.1 Å². The van der Waals surface area contributed by atoms with Crippen LogP contribution in [0.4, 0.5) is 5.69 Å². The third-order valence-corrected chi connectivity index (χ3v) is 2.97. The number of carbonyl (C=O) groups is 3. The topological polar surface area (TPSA) is 128 Å². The van der Waals surface area contributed by atoms with Crippen LogP contribution >= 0.6 is 0 Å². The first-order valence-electron chi connectivity index (χ1n) is 7.33. The maximum Gasteiger partial charge on any atom is 0.338 e. The molecule has 0 spiro atoms. The van der Waals surface area contributed by atoms with E-state index in [1.165, 1.54) is 19.1 Å². The molecule has 9 nitrogen and oxygen atoms in total. The second-order valence-corrected chi connectivity index (χ2v) is 4.96. The highest BCUT2D eigenvalue weighted by Gasteiger charge is 2.17. The van der Waals surface area contributed by atoms with Crippen molar-refractivity contribution in [3.63, 3.8) is 0 Å². The van der Waals surface area contributed by atoms with Crippen LogP contribution in [-0.2, 0) is 14.3 Å². The lowest BCUT2D eigenvalue weighted by Crippen LogP contribution is -2.46. The fourth-order valence-corrected chi connectivity index (χ4v) is 1.68. The fraction of sp³-hybridized carbons (Fsp3) is 0.400. The molecule has 0 aliphatic carbocycles. The van der Waals surface area contributed by atoms with Gasteiger partial charge in [-0.3, -0.25) is 19.7 Å². The lowest BCUT2D eigenvalue weighted by Gasteiger charge is -2.13. The summed E-state index contributed by atoms with van der Waals surface area (Å²) in [7, 11) is 0. The Morgan fingerprint density at radius 2 is 1.88 bits per heavy atom. The van der Waals surface area contributed by atoms with Gasteiger partial charge in [0.05, 0.1) is 10.5 Å². The van der Waals surface area contributed by atoms with Crippen LogP contribution in [0.2, 0.25) is 0 Å². The van der Waals surface area contributed by atoms with Crippen molar-refractivity contribution < 1.29 is 24.0 Å². The van der Waals surface area contributed by atoms with Gasteiger partial charge in [-0.05, 0) is 25.5 Å². The number of esters is 1. The van der Waals surface area contributed by atoms with Crippen molar-refractivity contribution in [1.29, 1.82) is 0 Å². The molecule has 0 aliphatic heterocycles. The molecule has 0 aliphatic rings. The molecule has 1 rings (SSSR count). The third-order valence-electron chi connectivity index (χ3n) is 2.97. The van der Waals surface area contributed by atoms with Crippen molar-refractivity contribution in [3.8, 4) is 0 Å². The minimum absolute atomic E-state index is 0.0853. The summed E-state index contributed by atoms with van der Waals surface area (Å²) in [6, 6.07) is 4.05. The molecule has 2 N–H and O–H groups in total. The van der Waals surface area contributed by atoms with Gasteiger partial charge in [0.2, 0.25) is 5.91 Å². The maximum absolute atomic E-state index is 11.7. The van der Waals surface area contributed by atoms with Crippen molar-refractivity contribution in [3.05, 3.63) is 39.9 Å². The number of nitrogens with zero attached hydrogens (tertiary/aromatic N) is 1. The van der Waals surface area contributed by atoms with Crippen molar-refractivity contribution >= 4 is 23.5 Å². The number of ether oxygens (including phenoxy) is 1. The molecular formula is C15H19N3O6. The molecule has 1 aromatic rings. The summed E-state index contributed by atoms with van der Waals surface area (Å²) in [4.78, 5) is 44.9. The van der Waals surface area contributed by atoms with Crippen LogP contribution < -0.4 is 10.6 Å². The number of rotatable bonds is 8. The Hall–Kier alpha value is -2.97. The summed E-state index contributed by atoms with van der Waals surface area (Å²) < 4.78 is 4.80. The summed E-state index contributed by atoms with van der Waals surface area (Å²) in [6.07, 6.45) is 0.777. The predicted octanol–water partition coefficient (Wildman–Crippen LogP) is 0.782. The van der Waals surface area contributed by atoms with E-state index < -0.39 is 29.4 Å². The highest BCUT2D eigenvalue weighted by molar-refractivity contribution is 5.92. The number of benzene rings is 1. The Morgan fingerprint density at radius 1 is 1.25 bits per heavy atom. The minimum atomic E-state index is -0.789. The van der Waals surface area contributed by atoms with Crippen molar-refractivity contribution in [1.82, 2.24) is 10.6 Å². The molecular weight excluding hydrogens is 318 g/mol. The number of hydrogen-bond donors (Lipinski definition) is 2. The van der Waals surface area contributed by atoms with Crippen LogP contribution in [0.1, 0.15) is 30.6 Å². The third kappa shape index (κ3) is 6.03. The van der Waals surface area contributed by atoms with E-state index in [2.05, 4.69) is 10.6 Å². The van der Waals surface area contributed by atoms with Crippen LogP contribution in [0.5, 0.6) is 0 Å². The smallest absolute Gasteiger partial charge is 0.338 e. The molecule has 0 fully saturated rings. The van der Waals surface area contributed by atoms with Crippen molar-refractivity contribution in [2.75, 3.05) is 13.2 Å². The quantitative estimate of drug-likeness (QED) is 0.410. The molecule has 130 valence electrons. The van der Waals surface area contributed by atoms with Gasteiger partial charge in [0.15, 0.2) is 6.61 Å². The summed E-state index contributed by atoms with van der Waals surface area (Å²) in [5.41, 5.74) is -0.0710. The molecule has 0 heterocycles. The first-order valence-corrected chi connectivity index (χ1v) is 7.33. The Morgan fingerprint density at radius 3 is 2.42 bits per heavy atom. The molecule has 0 saturated carbocycles. The molecule has 1 aromatic carbocycles. The van der Waals surface area contributed by atoms with Crippen LogP contribution in [0.15, 0.2) is 24.3 Å². The van der Waals surface area contributed by atoms with E-state index in [1.54, 1.807) is 0 Å². The number of non-ortho nitro benzene ring substituents is 1. The van der Waals surface area contributed by atoms with E-state index >= 15 is 0 Å². The molecule has 1 atom stereocenters. The van der Waals surface area contributed by atoms with Gasteiger partial charge in [0.25, 0.3) is 11.6 Å². The maximum atomic E-state index is 11.7. The van der Waals surface area contributed by atoms with Crippen molar-refractivity contribution in [2.24, 2.45) is 0 Å². The lowest BCUT2D eigenvalue weighted by molar-refractivity contribution is -0.384. The molecule has 0 saturated heterocycles. The van der Waals surface area contributed by atoms with E-state index in [0.717, 1.165) is 18.6 Å². The predicted molar refractivity (Wildman–Crippen MR) is 84.3 cm³/mol. The van der Waals surface area contributed by atoms with Gasteiger partial charge < -0.3 is 15.4 Å². The Balaban J connectivity index is 2.44. The lowest BCUT2D eigenvalue weighted by atomic mass is 10.2. The molecule has 9 heteroatoms. The summed E-state index contributed by atoms with van der Waals surface area (Å²) in [5.74, 6) is -1.74. The Kier molecular flexibility index (Phi) is 7.34. The number of amides is 2. The molecule has 0 bridgehead atoms. The summed E-state index contributed by atoms with van der Waals surface area (Å²) >= 11 is 0. The molecule has 0 unspecified atom stereocenters. The van der Waals surface area contributed by atoms with Crippen LogP contribution in [0.25, 0.3) is 0 Å². The number of hydrogen-bond acceptors (Lipinski definition) is 6. The highest BCUT2D eigenvalue weighted by atomic mass is 16.6. The monoisotopic (exact) mass is 337 g/mol.